The Labute approximate surface area is 60.1 Å². The normalized spacial score (nSPS) is 13.1. The van der Waals surface area contributed by atoms with Crippen LogP contribution in [0.2, 0.25) is 0 Å². The molecule has 0 aromatic rings. The monoisotopic (exact) mass is 165 g/mol. The zero-order valence-electron chi connectivity index (χ0n) is 5.65. The van der Waals surface area contributed by atoms with E-state index in [1.807, 2.05) is 0 Å². The van der Waals surface area contributed by atoms with Crippen molar-refractivity contribution in [2.24, 2.45) is 0 Å². The lowest BCUT2D eigenvalue weighted by Crippen LogP contribution is -1.88. The maximum atomic E-state index is 10.0. The molecule has 0 aromatic heterocycles. The van der Waals surface area contributed by atoms with E-state index in [1.54, 1.807) is 13.0 Å². The van der Waals surface area contributed by atoms with Gasteiger partial charge in [0.1, 0.15) is 0 Å². The maximum Gasteiger partial charge on any atom is 0.747 e. The molecule has 0 saturated heterocycles. The minimum Gasteiger partial charge on any atom is -0.396 e. The molecule has 0 aromatic carbocycles. The molecule has 0 fully saturated rings. The molecule has 0 aliphatic heterocycles. The first-order valence-corrected chi connectivity index (χ1v) is 3.94. The molecule has 2 N–H and O–H groups in total. The predicted octanol–water partition coefficient (Wildman–Crippen LogP) is 0.939. The first-order chi connectivity index (χ1) is 4.70. The van der Waals surface area contributed by atoms with Crippen molar-refractivity contribution in [3.63, 3.8) is 0 Å². The van der Waals surface area contributed by atoms with Crippen LogP contribution in [0.3, 0.4) is 0 Å². The van der Waals surface area contributed by atoms with Crippen LogP contribution in [-0.4, -0.2) is 16.6 Å². The minimum absolute atomic E-state index is 0.0805. The molecule has 10 heavy (non-hydrogen) atoms. The van der Waals surface area contributed by atoms with Gasteiger partial charge in [-0.1, -0.05) is 0 Å². The van der Waals surface area contributed by atoms with Gasteiger partial charge in [-0.15, -0.1) is 4.89 Å². The summed E-state index contributed by atoms with van der Waals surface area (Å²) in [5, 5.41) is 8.38. The lowest BCUT2D eigenvalue weighted by Gasteiger charge is -1.92. The van der Waals surface area contributed by atoms with Gasteiger partial charge in [-0.05, 0) is 13.0 Å². The summed E-state index contributed by atoms with van der Waals surface area (Å²) in [6, 6.07) is 0. The molecule has 0 saturated carbocycles. The second-order valence-corrected chi connectivity index (χ2v) is 2.22. The summed E-state index contributed by atoms with van der Waals surface area (Å²) in [5.74, 6) is 0.339. The maximum absolute atomic E-state index is 10.0. The summed E-state index contributed by atoms with van der Waals surface area (Å²) in [5.41, 5.74) is 0. The molecule has 0 amide bonds. The van der Waals surface area contributed by atoms with Gasteiger partial charge in [-0.3, -0.25) is 0 Å². The quantitative estimate of drug-likeness (QED) is 0.480. The summed E-state index contributed by atoms with van der Waals surface area (Å²) >= 11 is 0. The van der Waals surface area contributed by atoms with Crippen molar-refractivity contribution in [3.8, 4) is 0 Å². The second kappa shape index (κ2) is 5.35. The average molecular weight is 165 g/mol. The van der Waals surface area contributed by atoms with Crippen molar-refractivity contribution >= 4 is 8.25 Å². The largest absolute Gasteiger partial charge is 0.747 e. The molecule has 0 radical (unpaired) electrons. The molecular formula is C5H10O4P+. The zero-order chi connectivity index (χ0) is 7.98. The van der Waals surface area contributed by atoms with Crippen molar-refractivity contribution in [1.29, 1.82) is 0 Å². The second-order valence-electron chi connectivity index (χ2n) is 1.56. The fraction of sp³-hybridized carbons (Fsp3) is 0.600. The van der Waals surface area contributed by atoms with E-state index in [9.17, 15) is 4.57 Å². The van der Waals surface area contributed by atoms with Gasteiger partial charge in [0.05, 0.1) is 6.61 Å². The summed E-state index contributed by atoms with van der Waals surface area (Å²) in [4.78, 5) is 8.25. The zero-order valence-corrected chi connectivity index (χ0v) is 6.54. The molecule has 0 rings (SSSR count). The van der Waals surface area contributed by atoms with E-state index in [4.69, 9.17) is 10.00 Å². The molecule has 0 spiro atoms. The molecule has 58 valence electrons. The van der Waals surface area contributed by atoms with Gasteiger partial charge in [-0.25, -0.2) is 4.52 Å². The molecule has 1 atom stereocenters. The van der Waals surface area contributed by atoms with Gasteiger partial charge in [0.2, 0.25) is 0 Å². The Morgan fingerprint density at radius 2 is 2.40 bits per heavy atom. The van der Waals surface area contributed by atoms with Crippen LogP contribution in [0.25, 0.3) is 0 Å². The highest BCUT2D eigenvalue weighted by Crippen LogP contribution is 2.21. The third-order valence-electron chi connectivity index (χ3n) is 0.876. The summed E-state index contributed by atoms with van der Waals surface area (Å²) in [6.45, 7) is 1.59. The molecule has 4 nitrogen and oxygen atoms in total. The van der Waals surface area contributed by atoms with Crippen molar-refractivity contribution in [2.75, 3.05) is 6.61 Å². The summed E-state index contributed by atoms with van der Waals surface area (Å²) in [6.07, 6.45) is 1.82. The Balaban J connectivity index is 3.73. The van der Waals surface area contributed by atoms with Crippen LogP contribution in [0, 0.1) is 0 Å². The SMILES string of the molecule is CC=C(CCO)O[P+](=O)O. The fourth-order valence-corrected chi connectivity index (χ4v) is 0.850. The smallest absolute Gasteiger partial charge is 0.396 e. The molecule has 0 aliphatic carbocycles. The Hall–Kier alpha value is -0.440. The predicted molar refractivity (Wildman–Crippen MR) is 36.4 cm³/mol. The van der Waals surface area contributed by atoms with Gasteiger partial charge < -0.3 is 5.11 Å². The Bertz CT molecular complexity index is 143. The molecular weight excluding hydrogens is 155 g/mol. The van der Waals surface area contributed by atoms with Gasteiger partial charge >= 0.3 is 8.25 Å². The van der Waals surface area contributed by atoms with Crippen molar-refractivity contribution in [3.05, 3.63) is 11.8 Å². The van der Waals surface area contributed by atoms with E-state index in [0.717, 1.165) is 0 Å². The van der Waals surface area contributed by atoms with E-state index < -0.39 is 8.25 Å². The van der Waals surface area contributed by atoms with Crippen LogP contribution in [-0.2, 0) is 9.09 Å². The average Bonchev–Trinajstić information content (AvgIpc) is 1.86. The summed E-state index contributed by atoms with van der Waals surface area (Å²) < 4.78 is 14.5. The Morgan fingerprint density at radius 3 is 2.70 bits per heavy atom. The number of aliphatic hydroxyl groups is 1. The van der Waals surface area contributed by atoms with E-state index in [1.165, 1.54) is 0 Å². The summed E-state index contributed by atoms with van der Waals surface area (Å²) in [7, 11) is -2.59. The first kappa shape index (κ1) is 9.56. The van der Waals surface area contributed by atoms with Crippen molar-refractivity contribution < 1.29 is 19.1 Å². The van der Waals surface area contributed by atoms with Crippen LogP contribution in [0.4, 0.5) is 0 Å². The third kappa shape index (κ3) is 4.44. The van der Waals surface area contributed by atoms with Gasteiger partial charge in [0.15, 0.2) is 5.76 Å². The van der Waals surface area contributed by atoms with E-state index in [-0.39, 0.29) is 13.0 Å². The van der Waals surface area contributed by atoms with Gasteiger partial charge in [0.25, 0.3) is 0 Å². The minimum atomic E-state index is -2.59. The van der Waals surface area contributed by atoms with E-state index in [0.29, 0.717) is 5.76 Å². The van der Waals surface area contributed by atoms with Crippen LogP contribution < -0.4 is 0 Å². The van der Waals surface area contributed by atoms with E-state index >= 15 is 0 Å². The lowest BCUT2D eigenvalue weighted by molar-refractivity contribution is 0.267. The highest BCUT2D eigenvalue weighted by Gasteiger charge is 2.14. The number of aliphatic hydroxyl groups excluding tert-OH is 1. The van der Waals surface area contributed by atoms with Crippen LogP contribution >= 0.6 is 8.25 Å². The van der Waals surface area contributed by atoms with Crippen molar-refractivity contribution in [2.45, 2.75) is 13.3 Å². The van der Waals surface area contributed by atoms with Gasteiger partial charge in [0, 0.05) is 11.0 Å². The number of rotatable bonds is 4. The lowest BCUT2D eigenvalue weighted by atomic mass is 10.3. The number of allylic oxidation sites excluding steroid dienone is 1. The highest BCUT2D eigenvalue weighted by atomic mass is 31.1. The molecule has 0 aliphatic rings. The number of hydrogen-bond acceptors (Lipinski definition) is 3. The van der Waals surface area contributed by atoms with E-state index in [2.05, 4.69) is 4.52 Å². The van der Waals surface area contributed by atoms with Crippen LogP contribution in [0.5, 0.6) is 0 Å². The topological polar surface area (TPSA) is 66.8 Å². The van der Waals surface area contributed by atoms with Crippen LogP contribution in [0.1, 0.15) is 13.3 Å². The molecule has 1 unspecified atom stereocenters. The first-order valence-electron chi connectivity index (χ1n) is 2.81. The molecule has 0 heterocycles. The standard InChI is InChI=1S/C5H9O4P/c1-2-5(3-4-6)9-10(7)8/h2,6H,3-4H2,1H3/p+1. The Morgan fingerprint density at radius 1 is 1.80 bits per heavy atom. The highest BCUT2D eigenvalue weighted by molar-refractivity contribution is 7.32. The molecule has 5 heteroatoms. The van der Waals surface area contributed by atoms with Crippen molar-refractivity contribution in [1.82, 2.24) is 0 Å². The number of hydrogen-bond donors (Lipinski definition) is 2. The Kier molecular flexibility index (Phi) is 5.12. The third-order valence-corrected chi connectivity index (χ3v) is 1.27. The van der Waals surface area contributed by atoms with Gasteiger partial charge in [-0.2, -0.15) is 0 Å². The molecule has 0 bridgehead atoms. The fourth-order valence-electron chi connectivity index (χ4n) is 0.453. The van der Waals surface area contributed by atoms with Crippen LogP contribution in [0.15, 0.2) is 11.8 Å².